The summed E-state index contributed by atoms with van der Waals surface area (Å²) >= 11 is 11.8. The number of rotatable bonds is 7. The minimum Gasteiger partial charge on any atom is -0.444 e. The van der Waals surface area contributed by atoms with Gasteiger partial charge in [-0.15, -0.1) is 5.10 Å². The molecule has 0 saturated heterocycles. The van der Waals surface area contributed by atoms with E-state index in [2.05, 4.69) is 15.5 Å². The molecule has 2 unspecified atom stereocenters. The van der Waals surface area contributed by atoms with Crippen molar-refractivity contribution < 1.29 is 22.4 Å². The largest absolute Gasteiger partial charge is 0.444 e. The molecule has 1 aromatic heterocycles. The van der Waals surface area contributed by atoms with Crippen LogP contribution in [0.4, 0.5) is 4.79 Å². The van der Waals surface area contributed by atoms with Gasteiger partial charge in [0.25, 0.3) is 0 Å². The lowest BCUT2D eigenvalue weighted by Crippen LogP contribution is -2.37. The topological polar surface area (TPSA) is 111 Å². The van der Waals surface area contributed by atoms with Crippen LogP contribution in [0.15, 0.2) is 27.8 Å². The molecule has 0 aliphatic heterocycles. The van der Waals surface area contributed by atoms with Gasteiger partial charge in [0, 0.05) is 0 Å². The molecule has 0 fully saturated rings. The van der Waals surface area contributed by atoms with Gasteiger partial charge in [-0.2, -0.15) is 0 Å². The molecule has 30 heavy (non-hydrogen) atoms. The lowest BCUT2D eigenvalue weighted by molar-refractivity contribution is 0.0473. The Morgan fingerprint density at radius 3 is 2.47 bits per heavy atom. The fraction of sp³-hybridized carbons (Fsp3) is 0.526. The zero-order valence-corrected chi connectivity index (χ0v) is 19.7. The van der Waals surface area contributed by atoms with Crippen molar-refractivity contribution in [2.45, 2.75) is 63.7 Å². The van der Waals surface area contributed by atoms with Gasteiger partial charge >= 0.3 is 11.3 Å². The normalized spacial score (nSPS) is 14.2. The number of halogens is 2. The van der Waals surface area contributed by atoms with Gasteiger partial charge in [-0.1, -0.05) is 54.6 Å². The SMILES string of the molecule is CCC(C)C(NC(=O)OC(C)(C)C)c1nnc(S(=O)(=O)Cc2ccc(Cl)c(Cl)c2)o1. The molecule has 1 amide bonds. The first-order valence-corrected chi connectivity index (χ1v) is 11.7. The van der Waals surface area contributed by atoms with Crippen molar-refractivity contribution in [1.82, 2.24) is 15.5 Å². The maximum Gasteiger partial charge on any atom is 0.408 e. The van der Waals surface area contributed by atoms with E-state index < -0.39 is 32.8 Å². The molecule has 0 radical (unpaired) electrons. The molecule has 2 atom stereocenters. The monoisotopic (exact) mass is 477 g/mol. The zero-order valence-electron chi connectivity index (χ0n) is 17.4. The number of amides is 1. The molecule has 11 heteroatoms. The van der Waals surface area contributed by atoms with Crippen LogP contribution in [0.25, 0.3) is 0 Å². The standard InChI is InChI=1S/C19H25Cl2N3O5S/c1-6-11(2)15(22-17(25)29-19(3,4)5)16-23-24-18(28-16)30(26,27)10-12-7-8-13(20)14(21)9-12/h7-9,11,15H,6,10H2,1-5H3,(H,22,25). The van der Waals surface area contributed by atoms with Crippen LogP contribution < -0.4 is 5.32 Å². The summed E-state index contributed by atoms with van der Waals surface area (Å²) < 4.78 is 36.1. The van der Waals surface area contributed by atoms with E-state index in [4.69, 9.17) is 32.4 Å². The van der Waals surface area contributed by atoms with E-state index in [0.29, 0.717) is 17.0 Å². The average molecular weight is 478 g/mol. The third kappa shape index (κ3) is 6.58. The molecular weight excluding hydrogens is 453 g/mol. The van der Waals surface area contributed by atoms with Gasteiger partial charge in [0.05, 0.1) is 15.8 Å². The van der Waals surface area contributed by atoms with Gasteiger partial charge in [0.2, 0.25) is 15.7 Å². The Bertz CT molecular complexity index is 1000. The second kappa shape index (κ2) is 9.53. The van der Waals surface area contributed by atoms with Crippen LogP contribution in [0.2, 0.25) is 10.0 Å². The minimum absolute atomic E-state index is 0.0112. The van der Waals surface area contributed by atoms with Crippen LogP contribution in [-0.2, 0) is 20.3 Å². The molecule has 2 aromatic rings. The summed E-state index contributed by atoms with van der Waals surface area (Å²) in [5.74, 6) is -0.509. The van der Waals surface area contributed by atoms with Crippen molar-refractivity contribution in [3.8, 4) is 0 Å². The van der Waals surface area contributed by atoms with Crippen LogP contribution in [-0.4, -0.2) is 30.3 Å². The Labute approximate surface area is 186 Å². The fourth-order valence-electron chi connectivity index (χ4n) is 2.50. The molecule has 0 saturated carbocycles. The van der Waals surface area contributed by atoms with E-state index in [0.717, 1.165) is 0 Å². The van der Waals surface area contributed by atoms with E-state index >= 15 is 0 Å². The van der Waals surface area contributed by atoms with Crippen molar-refractivity contribution in [2.75, 3.05) is 0 Å². The first kappa shape index (κ1) is 24.4. The molecule has 166 valence electrons. The molecule has 0 bridgehead atoms. The van der Waals surface area contributed by atoms with Gasteiger partial charge in [-0.05, 0) is 44.4 Å². The van der Waals surface area contributed by atoms with Crippen molar-refractivity contribution in [1.29, 1.82) is 0 Å². The smallest absolute Gasteiger partial charge is 0.408 e. The van der Waals surface area contributed by atoms with Gasteiger partial charge < -0.3 is 14.5 Å². The lowest BCUT2D eigenvalue weighted by Gasteiger charge is -2.24. The fourth-order valence-corrected chi connectivity index (χ4v) is 3.94. The van der Waals surface area contributed by atoms with Gasteiger partial charge in [0.15, 0.2) is 0 Å². The molecule has 0 aliphatic carbocycles. The number of carbonyl (C=O) groups is 1. The van der Waals surface area contributed by atoms with Crippen molar-refractivity contribution in [3.05, 3.63) is 39.7 Å². The minimum atomic E-state index is -3.93. The third-order valence-electron chi connectivity index (χ3n) is 4.18. The summed E-state index contributed by atoms with van der Waals surface area (Å²) in [6.07, 6.45) is 0.0139. The maximum atomic E-state index is 12.7. The maximum absolute atomic E-state index is 12.7. The molecule has 0 spiro atoms. The highest BCUT2D eigenvalue weighted by atomic mass is 35.5. The Balaban J connectivity index is 2.25. The predicted molar refractivity (Wildman–Crippen MR) is 113 cm³/mol. The Hall–Kier alpha value is -1.84. The van der Waals surface area contributed by atoms with Crippen LogP contribution >= 0.6 is 23.2 Å². The van der Waals surface area contributed by atoms with E-state index in [9.17, 15) is 13.2 Å². The summed E-state index contributed by atoms with van der Waals surface area (Å²) in [6, 6.07) is 3.82. The molecule has 2 rings (SSSR count). The Morgan fingerprint density at radius 1 is 1.23 bits per heavy atom. The Morgan fingerprint density at radius 2 is 1.90 bits per heavy atom. The van der Waals surface area contributed by atoms with Crippen molar-refractivity contribution in [2.24, 2.45) is 5.92 Å². The summed E-state index contributed by atoms with van der Waals surface area (Å²) in [5, 5.41) is 10.3. The molecule has 1 heterocycles. The Kier molecular flexibility index (Phi) is 7.76. The second-order valence-electron chi connectivity index (χ2n) is 7.92. The van der Waals surface area contributed by atoms with Crippen LogP contribution in [0, 0.1) is 5.92 Å². The quantitative estimate of drug-likeness (QED) is 0.599. The lowest BCUT2D eigenvalue weighted by atomic mass is 9.99. The number of hydrogen-bond acceptors (Lipinski definition) is 7. The third-order valence-corrected chi connectivity index (χ3v) is 6.33. The highest BCUT2D eigenvalue weighted by Crippen LogP contribution is 2.28. The van der Waals surface area contributed by atoms with E-state index in [1.54, 1.807) is 26.8 Å². The van der Waals surface area contributed by atoms with E-state index in [-0.39, 0.29) is 22.6 Å². The van der Waals surface area contributed by atoms with Crippen LogP contribution in [0.3, 0.4) is 0 Å². The van der Waals surface area contributed by atoms with E-state index in [1.807, 2.05) is 13.8 Å². The zero-order chi connectivity index (χ0) is 22.7. The summed E-state index contributed by atoms with van der Waals surface area (Å²) in [4.78, 5) is 12.2. The number of carbonyl (C=O) groups excluding carboxylic acids is 1. The van der Waals surface area contributed by atoms with E-state index in [1.165, 1.54) is 12.1 Å². The summed E-state index contributed by atoms with van der Waals surface area (Å²) in [7, 11) is -3.93. The number of nitrogens with zero attached hydrogens (tertiary/aromatic N) is 2. The number of nitrogens with one attached hydrogen (secondary N) is 1. The first-order valence-electron chi connectivity index (χ1n) is 9.32. The number of benzene rings is 1. The summed E-state index contributed by atoms with van der Waals surface area (Å²) in [6.45, 7) is 9.02. The number of sulfone groups is 1. The van der Waals surface area contributed by atoms with Gasteiger partial charge in [-0.3, -0.25) is 0 Å². The van der Waals surface area contributed by atoms with Crippen LogP contribution in [0.1, 0.15) is 58.5 Å². The highest BCUT2D eigenvalue weighted by molar-refractivity contribution is 7.90. The average Bonchev–Trinajstić information content (AvgIpc) is 3.11. The molecule has 0 aliphatic rings. The summed E-state index contributed by atoms with van der Waals surface area (Å²) in [5.41, 5.74) is -0.262. The molecule has 8 nitrogen and oxygen atoms in total. The van der Waals surface area contributed by atoms with Gasteiger partial charge in [-0.25, -0.2) is 13.2 Å². The first-order chi connectivity index (χ1) is 13.8. The van der Waals surface area contributed by atoms with Crippen molar-refractivity contribution >= 4 is 39.1 Å². The number of aromatic nitrogens is 2. The molecular formula is C19H25Cl2N3O5S. The van der Waals surface area contributed by atoms with Crippen LogP contribution in [0.5, 0.6) is 0 Å². The van der Waals surface area contributed by atoms with Gasteiger partial charge in [0.1, 0.15) is 11.6 Å². The number of ether oxygens (including phenoxy) is 1. The van der Waals surface area contributed by atoms with Crippen molar-refractivity contribution in [3.63, 3.8) is 0 Å². The molecule has 1 N–H and O–H groups in total. The predicted octanol–water partition coefficient (Wildman–Crippen LogP) is 4.96. The number of alkyl carbamates (subject to hydrolysis) is 1. The highest BCUT2D eigenvalue weighted by Gasteiger charge is 2.31. The number of hydrogen-bond donors (Lipinski definition) is 1. The second-order valence-corrected chi connectivity index (χ2v) is 10.6. The molecule has 1 aromatic carbocycles.